The van der Waals surface area contributed by atoms with Crippen molar-refractivity contribution in [2.75, 3.05) is 18.2 Å². The van der Waals surface area contributed by atoms with Crippen LogP contribution in [0, 0.1) is 13.8 Å². The topological polar surface area (TPSA) is 81.4 Å². The lowest BCUT2D eigenvalue weighted by atomic mass is 10.1. The van der Waals surface area contributed by atoms with E-state index in [1.807, 2.05) is 25.1 Å². The molecular formula is C15H16N2O3S. The average molecular weight is 304 g/mol. The molecule has 0 bridgehead atoms. The van der Waals surface area contributed by atoms with E-state index < -0.39 is 5.97 Å². The summed E-state index contributed by atoms with van der Waals surface area (Å²) in [6, 6.07) is 7.48. The molecule has 0 spiro atoms. The second-order valence-electron chi connectivity index (χ2n) is 4.61. The summed E-state index contributed by atoms with van der Waals surface area (Å²) in [6.07, 6.45) is 0. The van der Waals surface area contributed by atoms with E-state index in [9.17, 15) is 9.59 Å². The molecule has 1 aromatic carbocycles. The van der Waals surface area contributed by atoms with Gasteiger partial charge in [0.1, 0.15) is 5.00 Å². The number of benzene rings is 1. The molecule has 0 aliphatic rings. The van der Waals surface area contributed by atoms with Crippen molar-refractivity contribution in [2.45, 2.75) is 13.8 Å². The van der Waals surface area contributed by atoms with Crippen LogP contribution in [-0.2, 0) is 4.74 Å². The number of carbonyl (C=O) groups is 2. The molecule has 110 valence electrons. The first-order valence-electron chi connectivity index (χ1n) is 6.29. The molecule has 2 aromatic rings. The molecular weight excluding hydrogens is 288 g/mol. The van der Waals surface area contributed by atoms with Gasteiger partial charge in [0.25, 0.3) is 5.91 Å². The molecule has 0 atom stereocenters. The fourth-order valence-corrected chi connectivity index (χ4v) is 2.98. The van der Waals surface area contributed by atoms with E-state index in [0.29, 0.717) is 16.1 Å². The Morgan fingerprint density at radius 2 is 2.00 bits per heavy atom. The van der Waals surface area contributed by atoms with Gasteiger partial charge in [-0.2, -0.15) is 0 Å². The fourth-order valence-electron chi connectivity index (χ4n) is 2.02. The van der Waals surface area contributed by atoms with Crippen LogP contribution in [0.15, 0.2) is 24.3 Å². The minimum Gasteiger partial charge on any atom is -0.465 e. The SMILES string of the molecule is COC(=O)c1c(N)sc(C(=O)Nc2cccc(C)c2)c1C. The van der Waals surface area contributed by atoms with E-state index in [4.69, 9.17) is 5.73 Å². The van der Waals surface area contributed by atoms with E-state index in [0.717, 1.165) is 16.9 Å². The normalized spacial score (nSPS) is 10.2. The highest BCUT2D eigenvalue weighted by Crippen LogP contribution is 2.31. The second-order valence-corrected chi connectivity index (χ2v) is 5.66. The third-order valence-corrected chi connectivity index (χ3v) is 4.17. The van der Waals surface area contributed by atoms with Gasteiger partial charge in [-0.1, -0.05) is 12.1 Å². The molecule has 0 radical (unpaired) electrons. The Hall–Kier alpha value is -2.34. The zero-order valence-corrected chi connectivity index (χ0v) is 12.8. The first kappa shape index (κ1) is 15.1. The van der Waals surface area contributed by atoms with E-state index in [1.54, 1.807) is 13.0 Å². The third kappa shape index (κ3) is 3.05. The van der Waals surface area contributed by atoms with Gasteiger partial charge in [-0.25, -0.2) is 4.79 Å². The largest absolute Gasteiger partial charge is 0.465 e. The number of nitrogens with two attached hydrogens (primary N) is 1. The maximum Gasteiger partial charge on any atom is 0.341 e. The van der Waals surface area contributed by atoms with E-state index in [-0.39, 0.29) is 16.5 Å². The Bertz CT molecular complexity index is 707. The van der Waals surface area contributed by atoms with Crippen LogP contribution >= 0.6 is 11.3 Å². The number of rotatable bonds is 3. The van der Waals surface area contributed by atoms with Crippen LogP contribution < -0.4 is 11.1 Å². The maximum atomic E-state index is 12.3. The monoisotopic (exact) mass is 304 g/mol. The zero-order chi connectivity index (χ0) is 15.6. The van der Waals surface area contributed by atoms with Crippen LogP contribution in [0.5, 0.6) is 0 Å². The van der Waals surface area contributed by atoms with Gasteiger partial charge in [-0.15, -0.1) is 11.3 Å². The first-order valence-corrected chi connectivity index (χ1v) is 7.11. The minimum absolute atomic E-state index is 0.261. The van der Waals surface area contributed by atoms with Gasteiger partial charge < -0.3 is 15.8 Å². The van der Waals surface area contributed by atoms with Gasteiger partial charge in [0.2, 0.25) is 0 Å². The van der Waals surface area contributed by atoms with E-state index in [1.165, 1.54) is 7.11 Å². The molecule has 0 saturated carbocycles. The molecule has 6 heteroatoms. The number of ether oxygens (including phenoxy) is 1. The van der Waals surface area contributed by atoms with Crippen LogP contribution in [0.4, 0.5) is 10.7 Å². The van der Waals surface area contributed by atoms with E-state index >= 15 is 0 Å². The van der Waals surface area contributed by atoms with Gasteiger partial charge in [0.15, 0.2) is 0 Å². The van der Waals surface area contributed by atoms with Crippen LogP contribution in [-0.4, -0.2) is 19.0 Å². The number of carbonyl (C=O) groups excluding carboxylic acids is 2. The van der Waals surface area contributed by atoms with Crippen molar-refractivity contribution >= 4 is 33.9 Å². The number of aryl methyl sites for hydroxylation is 1. The predicted molar refractivity (Wildman–Crippen MR) is 83.9 cm³/mol. The van der Waals surface area contributed by atoms with Crippen molar-refractivity contribution in [3.05, 3.63) is 45.8 Å². The predicted octanol–water partition coefficient (Wildman–Crippen LogP) is 2.99. The summed E-state index contributed by atoms with van der Waals surface area (Å²) in [5.41, 5.74) is 8.36. The van der Waals surface area contributed by atoms with Gasteiger partial charge in [-0.05, 0) is 37.1 Å². The number of anilines is 2. The first-order chi connectivity index (χ1) is 9.93. The van der Waals surface area contributed by atoms with Crippen molar-refractivity contribution in [1.82, 2.24) is 0 Å². The smallest absolute Gasteiger partial charge is 0.341 e. The summed E-state index contributed by atoms with van der Waals surface area (Å²) < 4.78 is 4.68. The van der Waals surface area contributed by atoms with Crippen molar-refractivity contribution in [1.29, 1.82) is 0 Å². The number of nitrogens with one attached hydrogen (secondary N) is 1. The van der Waals surface area contributed by atoms with Gasteiger partial charge in [-0.3, -0.25) is 4.79 Å². The molecule has 0 saturated heterocycles. The molecule has 21 heavy (non-hydrogen) atoms. The van der Waals surface area contributed by atoms with Gasteiger partial charge in [0, 0.05) is 5.69 Å². The lowest BCUT2D eigenvalue weighted by molar-refractivity contribution is 0.0601. The molecule has 5 nitrogen and oxygen atoms in total. The summed E-state index contributed by atoms with van der Waals surface area (Å²) in [7, 11) is 1.28. The summed E-state index contributed by atoms with van der Waals surface area (Å²) >= 11 is 1.08. The average Bonchev–Trinajstić information content (AvgIpc) is 2.73. The maximum absolute atomic E-state index is 12.3. The van der Waals surface area contributed by atoms with Crippen molar-refractivity contribution in [2.24, 2.45) is 0 Å². The highest BCUT2D eigenvalue weighted by Gasteiger charge is 2.23. The Labute approximate surface area is 126 Å². The van der Waals surface area contributed by atoms with Crippen molar-refractivity contribution in [3.8, 4) is 0 Å². The summed E-state index contributed by atoms with van der Waals surface area (Å²) in [4.78, 5) is 24.4. The number of esters is 1. The second kappa shape index (κ2) is 5.97. The lowest BCUT2D eigenvalue weighted by Crippen LogP contribution is -2.12. The molecule has 2 rings (SSSR count). The number of thiophene rings is 1. The van der Waals surface area contributed by atoms with Gasteiger partial charge >= 0.3 is 5.97 Å². The van der Waals surface area contributed by atoms with Crippen LogP contribution in [0.25, 0.3) is 0 Å². The third-order valence-electron chi connectivity index (χ3n) is 3.05. The molecule has 1 heterocycles. The molecule has 0 aliphatic heterocycles. The molecule has 0 fully saturated rings. The Balaban J connectivity index is 2.30. The molecule has 0 aliphatic carbocycles. The quantitative estimate of drug-likeness (QED) is 0.854. The number of nitrogen functional groups attached to an aromatic ring is 1. The van der Waals surface area contributed by atoms with Crippen molar-refractivity contribution in [3.63, 3.8) is 0 Å². The summed E-state index contributed by atoms with van der Waals surface area (Å²) in [6.45, 7) is 3.63. The standard InChI is InChI=1S/C15H16N2O3S/c1-8-5-4-6-10(7-8)17-14(18)12-9(2)11(13(16)21-12)15(19)20-3/h4-7H,16H2,1-3H3,(H,17,18). The van der Waals surface area contributed by atoms with Crippen LogP contribution in [0.2, 0.25) is 0 Å². The fraction of sp³-hybridized carbons (Fsp3) is 0.200. The van der Waals surface area contributed by atoms with Gasteiger partial charge in [0.05, 0.1) is 17.6 Å². The Morgan fingerprint density at radius 1 is 1.29 bits per heavy atom. The highest BCUT2D eigenvalue weighted by atomic mass is 32.1. The molecule has 0 unspecified atom stereocenters. The number of hydrogen-bond acceptors (Lipinski definition) is 5. The van der Waals surface area contributed by atoms with Crippen molar-refractivity contribution < 1.29 is 14.3 Å². The summed E-state index contributed by atoms with van der Waals surface area (Å²) in [5.74, 6) is -0.819. The number of hydrogen-bond donors (Lipinski definition) is 2. The number of methoxy groups -OCH3 is 1. The number of amides is 1. The summed E-state index contributed by atoms with van der Waals surface area (Å²) in [5, 5.41) is 3.09. The molecule has 1 amide bonds. The molecule has 1 aromatic heterocycles. The van der Waals surface area contributed by atoms with E-state index in [2.05, 4.69) is 10.1 Å². The minimum atomic E-state index is -0.532. The molecule has 3 N–H and O–H groups in total. The Kier molecular flexibility index (Phi) is 4.28. The van der Waals surface area contributed by atoms with Crippen LogP contribution in [0.1, 0.15) is 31.2 Å². The zero-order valence-electron chi connectivity index (χ0n) is 12.0. The van der Waals surface area contributed by atoms with Crippen LogP contribution in [0.3, 0.4) is 0 Å². The Morgan fingerprint density at radius 3 is 2.62 bits per heavy atom. The lowest BCUT2D eigenvalue weighted by Gasteiger charge is -2.05. The highest BCUT2D eigenvalue weighted by molar-refractivity contribution is 7.18.